The summed E-state index contributed by atoms with van der Waals surface area (Å²) < 4.78 is 25.9. The summed E-state index contributed by atoms with van der Waals surface area (Å²) in [7, 11) is 1.57. The maximum atomic E-state index is 13.1. The lowest BCUT2D eigenvalue weighted by molar-refractivity contribution is 0.375. The van der Waals surface area contributed by atoms with Gasteiger partial charge < -0.3 is 9.47 Å². The third-order valence-electron chi connectivity index (χ3n) is 3.68. The normalized spacial score (nSPS) is 10.8. The van der Waals surface area contributed by atoms with E-state index in [0.717, 1.165) is 0 Å². The van der Waals surface area contributed by atoms with E-state index in [1.54, 1.807) is 42.3 Å². The van der Waals surface area contributed by atoms with Gasteiger partial charge in [-0.2, -0.15) is 5.10 Å². The van der Waals surface area contributed by atoms with Crippen LogP contribution in [0.5, 0.6) is 17.4 Å². The molecule has 6 nitrogen and oxygen atoms in total. The van der Waals surface area contributed by atoms with Gasteiger partial charge in [-0.25, -0.2) is 19.0 Å². The molecule has 2 aromatic carbocycles. The molecule has 0 bridgehead atoms. The molecule has 0 aliphatic rings. The highest BCUT2D eigenvalue weighted by molar-refractivity contribution is 5.81. The molecule has 0 aliphatic heterocycles. The van der Waals surface area contributed by atoms with Crippen molar-refractivity contribution in [3.05, 3.63) is 66.9 Å². The lowest BCUT2D eigenvalue weighted by Crippen LogP contribution is -1.98. The van der Waals surface area contributed by atoms with E-state index in [1.165, 1.54) is 18.5 Å². The van der Waals surface area contributed by atoms with Crippen molar-refractivity contribution in [2.24, 2.45) is 0 Å². The van der Waals surface area contributed by atoms with Crippen molar-refractivity contribution >= 4 is 11.0 Å². The highest BCUT2D eigenvalue weighted by atomic mass is 19.1. The van der Waals surface area contributed by atoms with E-state index in [4.69, 9.17) is 9.47 Å². The van der Waals surface area contributed by atoms with E-state index in [9.17, 15) is 4.39 Å². The molecule has 2 heterocycles. The molecule has 0 atom stereocenters. The molecule has 4 aromatic rings. The second kappa shape index (κ2) is 6.20. The molecule has 25 heavy (non-hydrogen) atoms. The van der Waals surface area contributed by atoms with Crippen molar-refractivity contribution in [1.82, 2.24) is 19.7 Å². The van der Waals surface area contributed by atoms with Crippen molar-refractivity contribution in [2.75, 3.05) is 7.11 Å². The first-order valence-corrected chi connectivity index (χ1v) is 7.52. The molecule has 0 saturated heterocycles. The van der Waals surface area contributed by atoms with Crippen molar-refractivity contribution in [3.63, 3.8) is 0 Å². The zero-order chi connectivity index (χ0) is 17.2. The minimum Gasteiger partial charge on any atom is -0.493 e. The standard InChI is InChI=1S/C18H13FN4O2/c1-24-15-4-2-3-5-16(15)25-18-14-10-22-23(17(14)20-11-21-18)13-8-6-12(19)7-9-13/h2-11H,1H3. The first-order chi connectivity index (χ1) is 12.3. The van der Waals surface area contributed by atoms with E-state index in [1.807, 2.05) is 12.1 Å². The molecule has 2 aromatic heterocycles. The molecule has 0 N–H and O–H groups in total. The van der Waals surface area contributed by atoms with E-state index < -0.39 is 0 Å². The largest absolute Gasteiger partial charge is 0.493 e. The molecule has 0 saturated carbocycles. The minimum absolute atomic E-state index is 0.310. The zero-order valence-electron chi connectivity index (χ0n) is 13.3. The molecule has 124 valence electrons. The van der Waals surface area contributed by atoms with E-state index in [2.05, 4.69) is 15.1 Å². The quantitative estimate of drug-likeness (QED) is 0.568. The molecule has 0 aliphatic carbocycles. The summed E-state index contributed by atoms with van der Waals surface area (Å²) in [4.78, 5) is 8.47. The Morgan fingerprint density at radius 1 is 0.960 bits per heavy atom. The number of ether oxygens (including phenoxy) is 2. The maximum absolute atomic E-state index is 13.1. The van der Waals surface area contributed by atoms with Gasteiger partial charge in [0.05, 0.1) is 19.0 Å². The predicted octanol–water partition coefficient (Wildman–Crippen LogP) is 3.76. The summed E-state index contributed by atoms with van der Waals surface area (Å²) in [6.45, 7) is 0. The van der Waals surface area contributed by atoms with Crippen LogP contribution in [-0.2, 0) is 0 Å². The van der Waals surface area contributed by atoms with Gasteiger partial charge in [-0.3, -0.25) is 0 Å². The summed E-state index contributed by atoms with van der Waals surface area (Å²) in [6.07, 6.45) is 3.01. The van der Waals surface area contributed by atoms with E-state index in [-0.39, 0.29) is 5.82 Å². The van der Waals surface area contributed by atoms with Gasteiger partial charge in [-0.05, 0) is 36.4 Å². The van der Waals surface area contributed by atoms with Crippen LogP contribution in [0.2, 0.25) is 0 Å². The Kier molecular flexibility index (Phi) is 3.74. The van der Waals surface area contributed by atoms with Crippen LogP contribution in [0.3, 0.4) is 0 Å². The molecule has 0 radical (unpaired) electrons. The van der Waals surface area contributed by atoms with Gasteiger partial charge in [-0.1, -0.05) is 12.1 Å². The molecule has 0 fully saturated rings. The van der Waals surface area contributed by atoms with Gasteiger partial charge in [0.25, 0.3) is 0 Å². The fraction of sp³-hybridized carbons (Fsp3) is 0.0556. The van der Waals surface area contributed by atoms with Gasteiger partial charge in [0.2, 0.25) is 5.88 Å². The Bertz CT molecular complexity index is 1030. The molecule has 0 spiro atoms. The summed E-state index contributed by atoms with van der Waals surface area (Å²) in [5.74, 6) is 1.19. The molecule has 7 heteroatoms. The van der Waals surface area contributed by atoms with Crippen LogP contribution < -0.4 is 9.47 Å². The van der Waals surface area contributed by atoms with Crippen LogP contribution in [0.15, 0.2) is 61.1 Å². The van der Waals surface area contributed by atoms with Gasteiger partial charge in [0, 0.05) is 0 Å². The van der Waals surface area contributed by atoms with Gasteiger partial charge in [-0.15, -0.1) is 0 Å². The molecule has 0 amide bonds. The minimum atomic E-state index is -0.310. The predicted molar refractivity (Wildman–Crippen MR) is 89.7 cm³/mol. The number of nitrogens with zero attached hydrogens (tertiary/aromatic N) is 4. The first kappa shape index (κ1) is 15.1. The Morgan fingerprint density at radius 2 is 1.72 bits per heavy atom. The summed E-state index contributed by atoms with van der Waals surface area (Å²) in [6, 6.07) is 13.3. The second-order valence-electron chi connectivity index (χ2n) is 5.20. The van der Waals surface area contributed by atoms with Gasteiger partial charge >= 0.3 is 0 Å². The lowest BCUT2D eigenvalue weighted by Gasteiger charge is -2.09. The Morgan fingerprint density at radius 3 is 2.48 bits per heavy atom. The average molecular weight is 336 g/mol. The van der Waals surface area contributed by atoms with E-state index in [0.29, 0.717) is 34.1 Å². The number of hydrogen-bond donors (Lipinski definition) is 0. The average Bonchev–Trinajstić information content (AvgIpc) is 3.08. The monoisotopic (exact) mass is 336 g/mol. The third-order valence-corrected chi connectivity index (χ3v) is 3.68. The number of fused-ring (bicyclic) bond motifs is 1. The fourth-order valence-electron chi connectivity index (χ4n) is 2.48. The number of aromatic nitrogens is 4. The van der Waals surface area contributed by atoms with Crippen LogP contribution in [0.4, 0.5) is 4.39 Å². The number of para-hydroxylation sites is 2. The third kappa shape index (κ3) is 2.76. The molecule has 0 unspecified atom stereocenters. The molecule has 4 rings (SSSR count). The van der Waals surface area contributed by atoms with Crippen LogP contribution >= 0.6 is 0 Å². The Balaban J connectivity index is 1.78. The van der Waals surface area contributed by atoms with Crippen molar-refractivity contribution in [2.45, 2.75) is 0 Å². The Hall–Kier alpha value is -3.48. The van der Waals surface area contributed by atoms with Crippen LogP contribution in [0, 0.1) is 5.82 Å². The second-order valence-corrected chi connectivity index (χ2v) is 5.20. The number of hydrogen-bond acceptors (Lipinski definition) is 5. The number of methoxy groups -OCH3 is 1. The summed E-state index contributed by atoms with van der Waals surface area (Å²) >= 11 is 0. The van der Waals surface area contributed by atoms with Crippen molar-refractivity contribution in [1.29, 1.82) is 0 Å². The highest BCUT2D eigenvalue weighted by Crippen LogP contribution is 2.33. The summed E-state index contributed by atoms with van der Waals surface area (Å²) in [5, 5.41) is 4.96. The van der Waals surface area contributed by atoms with Gasteiger partial charge in [0.1, 0.15) is 17.5 Å². The van der Waals surface area contributed by atoms with Crippen LogP contribution in [0.25, 0.3) is 16.7 Å². The molecular weight excluding hydrogens is 323 g/mol. The zero-order valence-corrected chi connectivity index (χ0v) is 13.3. The number of rotatable bonds is 4. The number of halogens is 1. The SMILES string of the molecule is COc1ccccc1Oc1ncnc2c1cnn2-c1ccc(F)cc1. The lowest BCUT2D eigenvalue weighted by atomic mass is 10.3. The van der Waals surface area contributed by atoms with Crippen LogP contribution in [0.1, 0.15) is 0 Å². The fourth-order valence-corrected chi connectivity index (χ4v) is 2.48. The van der Waals surface area contributed by atoms with Gasteiger partial charge in [0.15, 0.2) is 17.1 Å². The van der Waals surface area contributed by atoms with Crippen molar-refractivity contribution in [3.8, 4) is 23.1 Å². The van der Waals surface area contributed by atoms with E-state index >= 15 is 0 Å². The summed E-state index contributed by atoms with van der Waals surface area (Å²) in [5.41, 5.74) is 1.25. The smallest absolute Gasteiger partial charge is 0.233 e. The first-order valence-electron chi connectivity index (χ1n) is 7.52. The number of benzene rings is 2. The topological polar surface area (TPSA) is 62.1 Å². The maximum Gasteiger partial charge on any atom is 0.233 e. The van der Waals surface area contributed by atoms with Crippen LogP contribution in [-0.4, -0.2) is 26.9 Å². The highest BCUT2D eigenvalue weighted by Gasteiger charge is 2.14. The van der Waals surface area contributed by atoms with Crippen molar-refractivity contribution < 1.29 is 13.9 Å². The molecular formula is C18H13FN4O2. The Labute approximate surface area is 142 Å².